The van der Waals surface area contributed by atoms with Crippen molar-refractivity contribution in [2.24, 2.45) is 5.41 Å². The number of benzene rings is 2. The van der Waals surface area contributed by atoms with E-state index < -0.39 is 0 Å². The lowest BCUT2D eigenvalue weighted by molar-refractivity contribution is 0.571. The molecule has 0 unspecified atom stereocenters. The van der Waals surface area contributed by atoms with E-state index in [1.165, 1.54) is 0 Å². The molecule has 1 heterocycles. The molecule has 3 aromatic rings. The van der Waals surface area contributed by atoms with Crippen molar-refractivity contribution in [1.29, 1.82) is 0 Å². The maximum atomic E-state index is 13.3. The first-order valence-electron chi connectivity index (χ1n) is 8.67. The molecule has 0 aliphatic rings. The largest absolute Gasteiger partial charge is 0.281 e. The third-order valence-electron chi connectivity index (χ3n) is 4.07. The standard InChI is InChI=1S/C23H23NO/c1-5-19-16-18-11-9-10-17(14-15-23(2,3)4)21(18)22(25)24(19)20-12-7-6-8-13-20/h6-13,16H,5H2,1-4H3. The Kier molecular flexibility index (Phi) is 4.51. The molecule has 2 nitrogen and oxygen atoms in total. The van der Waals surface area contributed by atoms with Gasteiger partial charge in [0.1, 0.15) is 0 Å². The van der Waals surface area contributed by atoms with E-state index in [1.54, 1.807) is 0 Å². The van der Waals surface area contributed by atoms with Crippen molar-refractivity contribution in [3.63, 3.8) is 0 Å². The van der Waals surface area contributed by atoms with Gasteiger partial charge in [0.05, 0.1) is 5.39 Å². The number of hydrogen-bond donors (Lipinski definition) is 0. The Morgan fingerprint density at radius 3 is 2.36 bits per heavy atom. The average molecular weight is 329 g/mol. The molecule has 0 bridgehead atoms. The number of aryl methyl sites for hydroxylation is 1. The van der Waals surface area contributed by atoms with E-state index in [4.69, 9.17) is 0 Å². The van der Waals surface area contributed by atoms with Gasteiger partial charge in [0.25, 0.3) is 5.56 Å². The second-order valence-corrected chi connectivity index (χ2v) is 7.24. The van der Waals surface area contributed by atoms with E-state index >= 15 is 0 Å². The molecule has 0 N–H and O–H groups in total. The summed E-state index contributed by atoms with van der Waals surface area (Å²) >= 11 is 0. The summed E-state index contributed by atoms with van der Waals surface area (Å²) < 4.78 is 1.81. The fourth-order valence-corrected chi connectivity index (χ4v) is 2.89. The Morgan fingerprint density at radius 2 is 1.72 bits per heavy atom. The highest BCUT2D eigenvalue weighted by atomic mass is 16.1. The van der Waals surface area contributed by atoms with E-state index in [0.717, 1.165) is 28.8 Å². The van der Waals surface area contributed by atoms with Gasteiger partial charge < -0.3 is 0 Å². The highest BCUT2D eigenvalue weighted by molar-refractivity contribution is 5.88. The van der Waals surface area contributed by atoms with Crippen LogP contribution in [0, 0.1) is 17.3 Å². The van der Waals surface area contributed by atoms with Crippen LogP contribution in [0.25, 0.3) is 16.5 Å². The summed E-state index contributed by atoms with van der Waals surface area (Å²) in [4.78, 5) is 13.3. The summed E-state index contributed by atoms with van der Waals surface area (Å²) in [5.74, 6) is 6.47. The first-order valence-corrected chi connectivity index (χ1v) is 8.67. The van der Waals surface area contributed by atoms with Crippen LogP contribution in [0.4, 0.5) is 0 Å². The third kappa shape index (κ3) is 3.51. The summed E-state index contributed by atoms with van der Waals surface area (Å²) in [5, 5.41) is 1.65. The van der Waals surface area contributed by atoms with Crippen molar-refractivity contribution in [3.8, 4) is 17.5 Å². The molecular weight excluding hydrogens is 306 g/mol. The lowest BCUT2D eigenvalue weighted by Gasteiger charge is -2.14. The van der Waals surface area contributed by atoms with Crippen LogP contribution in [0.15, 0.2) is 59.4 Å². The van der Waals surface area contributed by atoms with Crippen LogP contribution in [0.1, 0.15) is 39.0 Å². The molecule has 0 saturated carbocycles. The maximum Gasteiger partial charge on any atom is 0.264 e. The Hall–Kier alpha value is -2.79. The number of fused-ring (bicyclic) bond motifs is 1. The Balaban J connectivity index is 2.37. The average Bonchev–Trinajstić information content (AvgIpc) is 2.59. The van der Waals surface area contributed by atoms with Gasteiger partial charge in [0.2, 0.25) is 0 Å². The number of aromatic nitrogens is 1. The molecule has 1 aromatic heterocycles. The molecule has 0 aliphatic carbocycles. The zero-order valence-corrected chi connectivity index (χ0v) is 15.3. The molecule has 0 saturated heterocycles. The Bertz CT molecular complexity index is 1030. The van der Waals surface area contributed by atoms with Crippen molar-refractivity contribution in [1.82, 2.24) is 4.57 Å². The number of hydrogen-bond acceptors (Lipinski definition) is 1. The van der Waals surface area contributed by atoms with Gasteiger partial charge in [-0.1, -0.05) is 49.1 Å². The van der Waals surface area contributed by atoms with Crippen LogP contribution in [-0.2, 0) is 6.42 Å². The van der Waals surface area contributed by atoms with Gasteiger partial charge in [0.15, 0.2) is 0 Å². The molecule has 0 aliphatic heterocycles. The first kappa shape index (κ1) is 17.0. The van der Waals surface area contributed by atoms with Gasteiger partial charge >= 0.3 is 0 Å². The van der Waals surface area contributed by atoms with Gasteiger partial charge in [-0.3, -0.25) is 9.36 Å². The number of pyridine rings is 1. The molecule has 0 fully saturated rings. The summed E-state index contributed by atoms with van der Waals surface area (Å²) in [7, 11) is 0. The lowest BCUT2D eigenvalue weighted by Crippen LogP contribution is -2.22. The molecule has 0 atom stereocenters. The fraction of sp³-hybridized carbons (Fsp3) is 0.261. The predicted octanol–water partition coefficient (Wildman–Crippen LogP) is 4.95. The number of para-hydroxylation sites is 1. The van der Waals surface area contributed by atoms with Crippen LogP contribution < -0.4 is 5.56 Å². The summed E-state index contributed by atoms with van der Waals surface area (Å²) in [5.41, 5.74) is 2.59. The highest BCUT2D eigenvalue weighted by Crippen LogP contribution is 2.20. The van der Waals surface area contributed by atoms with Crippen LogP contribution in [0.3, 0.4) is 0 Å². The molecular formula is C23H23NO. The van der Waals surface area contributed by atoms with Crippen molar-refractivity contribution in [2.75, 3.05) is 0 Å². The van der Waals surface area contributed by atoms with Crippen molar-refractivity contribution in [2.45, 2.75) is 34.1 Å². The van der Waals surface area contributed by atoms with E-state index in [2.05, 4.69) is 45.6 Å². The van der Waals surface area contributed by atoms with Gasteiger partial charge in [-0.15, -0.1) is 0 Å². The number of rotatable bonds is 2. The smallest absolute Gasteiger partial charge is 0.264 e. The minimum absolute atomic E-state index is 0.000593. The summed E-state index contributed by atoms with van der Waals surface area (Å²) in [6, 6.07) is 17.8. The topological polar surface area (TPSA) is 22.0 Å². The number of nitrogens with zero attached hydrogens (tertiary/aromatic N) is 1. The van der Waals surface area contributed by atoms with Crippen LogP contribution >= 0.6 is 0 Å². The van der Waals surface area contributed by atoms with Crippen LogP contribution in [0.5, 0.6) is 0 Å². The predicted molar refractivity (Wildman–Crippen MR) is 105 cm³/mol. The van der Waals surface area contributed by atoms with Crippen LogP contribution in [0.2, 0.25) is 0 Å². The van der Waals surface area contributed by atoms with Crippen molar-refractivity contribution >= 4 is 10.8 Å². The molecule has 0 radical (unpaired) electrons. The Morgan fingerprint density at radius 1 is 1.00 bits per heavy atom. The monoisotopic (exact) mass is 329 g/mol. The molecule has 2 aromatic carbocycles. The molecule has 126 valence electrons. The molecule has 0 amide bonds. The zero-order valence-electron chi connectivity index (χ0n) is 15.3. The SMILES string of the molecule is CCc1cc2cccc(C#CC(C)(C)C)c2c(=O)n1-c1ccccc1. The van der Waals surface area contributed by atoms with E-state index in [9.17, 15) is 4.79 Å². The normalized spacial score (nSPS) is 11.2. The van der Waals surface area contributed by atoms with Gasteiger partial charge in [-0.25, -0.2) is 0 Å². The quantitative estimate of drug-likeness (QED) is 0.610. The minimum atomic E-state index is -0.107. The van der Waals surface area contributed by atoms with Crippen LogP contribution in [-0.4, -0.2) is 4.57 Å². The highest BCUT2D eigenvalue weighted by Gasteiger charge is 2.13. The zero-order chi connectivity index (χ0) is 18.0. The van der Waals surface area contributed by atoms with E-state index in [0.29, 0.717) is 5.39 Å². The summed E-state index contributed by atoms with van der Waals surface area (Å²) in [6.45, 7) is 8.29. The fourth-order valence-electron chi connectivity index (χ4n) is 2.89. The van der Waals surface area contributed by atoms with Crippen molar-refractivity contribution < 1.29 is 0 Å². The molecule has 3 rings (SSSR count). The Labute approximate surface area is 149 Å². The minimum Gasteiger partial charge on any atom is -0.281 e. The molecule has 0 spiro atoms. The second-order valence-electron chi connectivity index (χ2n) is 7.24. The molecule has 2 heteroatoms. The van der Waals surface area contributed by atoms with Gasteiger partial charge in [-0.2, -0.15) is 0 Å². The second kappa shape index (κ2) is 6.61. The lowest BCUT2D eigenvalue weighted by atomic mass is 9.96. The van der Waals surface area contributed by atoms with E-state index in [1.807, 2.05) is 53.1 Å². The third-order valence-corrected chi connectivity index (χ3v) is 4.07. The first-order chi connectivity index (χ1) is 11.9. The van der Waals surface area contributed by atoms with Gasteiger partial charge in [0, 0.05) is 22.4 Å². The van der Waals surface area contributed by atoms with E-state index in [-0.39, 0.29) is 11.0 Å². The van der Waals surface area contributed by atoms with Crippen molar-refractivity contribution in [3.05, 3.63) is 76.2 Å². The summed E-state index contributed by atoms with van der Waals surface area (Å²) in [6.07, 6.45) is 0.790. The molecule has 25 heavy (non-hydrogen) atoms. The van der Waals surface area contributed by atoms with Gasteiger partial charge in [-0.05, 0) is 56.8 Å². The maximum absolute atomic E-state index is 13.3.